The van der Waals surface area contributed by atoms with E-state index in [1.165, 1.54) is 38.5 Å². The number of rotatable bonds is 10. The Morgan fingerprint density at radius 1 is 0.812 bits per heavy atom. The van der Waals surface area contributed by atoms with E-state index in [4.69, 9.17) is 0 Å². The van der Waals surface area contributed by atoms with Gasteiger partial charge in [0.1, 0.15) is 0 Å². The van der Waals surface area contributed by atoms with E-state index in [2.05, 4.69) is 39.9 Å². The minimum Gasteiger partial charge on any atom is -0.314 e. The molecule has 1 nitrogen and oxygen atoms in total. The van der Waals surface area contributed by atoms with Crippen molar-refractivity contribution >= 4 is 0 Å². The fraction of sp³-hybridized carbons (Fsp3) is 1.00. The summed E-state index contributed by atoms with van der Waals surface area (Å²) in [4.78, 5) is 0. The van der Waals surface area contributed by atoms with Crippen LogP contribution in [-0.4, -0.2) is 12.6 Å². The molecule has 1 atom stereocenters. The average Bonchev–Trinajstić information content (AvgIpc) is 2.24. The van der Waals surface area contributed by atoms with Gasteiger partial charge in [0.2, 0.25) is 0 Å². The third-order valence-electron chi connectivity index (χ3n) is 3.41. The Kier molecular flexibility index (Phi) is 10.1. The predicted molar refractivity (Wildman–Crippen MR) is 74.8 cm³/mol. The SMILES string of the molecule is CCCC(CCC)C(CCC(C)C)NCC. The van der Waals surface area contributed by atoms with Crippen LogP contribution >= 0.6 is 0 Å². The summed E-state index contributed by atoms with van der Waals surface area (Å²) in [5.74, 6) is 1.73. The first-order valence-electron chi connectivity index (χ1n) is 7.38. The molecule has 0 heterocycles. The molecule has 1 heteroatoms. The zero-order valence-corrected chi connectivity index (χ0v) is 12.2. The van der Waals surface area contributed by atoms with Crippen LogP contribution in [0.25, 0.3) is 0 Å². The predicted octanol–water partition coefficient (Wildman–Crippen LogP) is 4.62. The van der Waals surface area contributed by atoms with Gasteiger partial charge in [-0.25, -0.2) is 0 Å². The Hall–Kier alpha value is -0.0400. The van der Waals surface area contributed by atoms with Gasteiger partial charge in [-0.15, -0.1) is 0 Å². The molecule has 0 aromatic heterocycles. The molecule has 98 valence electrons. The molecule has 0 saturated carbocycles. The van der Waals surface area contributed by atoms with Gasteiger partial charge in [-0.3, -0.25) is 0 Å². The first kappa shape index (κ1) is 16.0. The maximum absolute atomic E-state index is 3.71. The van der Waals surface area contributed by atoms with Crippen molar-refractivity contribution in [2.75, 3.05) is 6.54 Å². The zero-order chi connectivity index (χ0) is 12.4. The van der Waals surface area contributed by atoms with Gasteiger partial charge in [-0.1, -0.05) is 47.5 Å². The zero-order valence-electron chi connectivity index (χ0n) is 12.2. The second kappa shape index (κ2) is 10.1. The maximum atomic E-state index is 3.71. The normalized spacial score (nSPS) is 13.7. The smallest absolute Gasteiger partial charge is 0.00953 e. The van der Waals surface area contributed by atoms with Crippen molar-refractivity contribution in [3.05, 3.63) is 0 Å². The lowest BCUT2D eigenvalue weighted by Crippen LogP contribution is -2.36. The third kappa shape index (κ3) is 7.27. The molecule has 0 bridgehead atoms. The van der Waals surface area contributed by atoms with Crippen LogP contribution in [0.3, 0.4) is 0 Å². The average molecular weight is 227 g/mol. The molecular weight excluding hydrogens is 194 g/mol. The highest BCUT2D eigenvalue weighted by molar-refractivity contribution is 4.76. The number of nitrogens with one attached hydrogen (secondary N) is 1. The first-order valence-corrected chi connectivity index (χ1v) is 7.38. The van der Waals surface area contributed by atoms with E-state index >= 15 is 0 Å². The van der Waals surface area contributed by atoms with Crippen molar-refractivity contribution in [2.24, 2.45) is 11.8 Å². The van der Waals surface area contributed by atoms with Gasteiger partial charge in [0.15, 0.2) is 0 Å². The van der Waals surface area contributed by atoms with Gasteiger partial charge in [0, 0.05) is 6.04 Å². The molecule has 0 rings (SSSR count). The van der Waals surface area contributed by atoms with Crippen LogP contribution in [0.15, 0.2) is 0 Å². The third-order valence-corrected chi connectivity index (χ3v) is 3.41. The summed E-state index contributed by atoms with van der Waals surface area (Å²) < 4.78 is 0. The lowest BCUT2D eigenvalue weighted by Gasteiger charge is -2.28. The Morgan fingerprint density at radius 2 is 1.38 bits per heavy atom. The lowest BCUT2D eigenvalue weighted by atomic mass is 9.86. The molecule has 0 aromatic carbocycles. The molecule has 0 aliphatic heterocycles. The van der Waals surface area contributed by atoms with E-state index in [9.17, 15) is 0 Å². The monoisotopic (exact) mass is 227 g/mol. The number of hydrogen-bond acceptors (Lipinski definition) is 1. The van der Waals surface area contributed by atoms with Crippen molar-refractivity contribution in [3.63, 3.8) is 0 Å². The van der Waals surface area contributed by atoms with Crippen LogP contribution in [0, 0.1) is 11.8 Å². The minimum atomic E-state index is 0.757. The molecule has 0 spiro atoms. The first-order chi connectivity index (χ1) is 7.65. The summed E-state index contributed by atoms with van der Waals surface area (Å²) in [6.07, 6.45) is 8.16. The van der Waals surface area contributed by atoms with E-state index in [0.717, 1.165) is 24.4 Å². The summed E-state index contributed by atoms with van der Waals surface area (Å²) in [6.45, 7) is 12.6. The summed E-state index contributed by atoms with van der Waals surface area (Å²) in [5, 5.41) is 3.71. The van der Waals surface area contributed by atoms with E-state index in [-0.39, 0.29) is 0 Å². The molecule has 0 amide bonds. The lowest BCUT2D eigenvalue weighted by molar-refractivity contribution is 0.286. The van der Waals surface area contributed by atoms with E-state index in [1.54, 1.807) is 0 Å². The minimum absolute atomic E-state index is 0.757. The molecule has 1 unspecified atom stereocenters. The quantitative estimate of drug-likeness (QED) is 0.574. The summed E-state index contributed by atoms with van der Waals surface area (Å²) in [6, 6.07) is 0.757. The van der Waals surface area contributed by atoms with Gasteiger partial charge < -0.3 is 5.32 Å². The molecule has 0 fully saturated rings. The van der Waals surface area contributed by atoms with Crippen LogP contribution in [0.5, 0.6) is 0 Å². The standard InChI is InChI=1S/C15H33N/c1-6-9-14(10-7-2)15(16-8-3)12-11-13(4)5/h13-16H,6-12H2,1-5H3. The largest absolute Gasteiger partial charge is 0.314 e. The van der Waals surface area contributed by atoms with Gasteiger partial charge in [-0.2, -0.15) is 0 Å². The van der Waals surface area contributed by atoms with Crippen molar-refractivity contribution in [2.45, 2.75) is 79.2 Å². The Bertz CT molecular complexity index is 136. The van der Waals surface area contributed by atoms with E-state index in [1.807, 2.05) is 0 Å². The van der Waals surface area contributed by atoms with Gasteiger partial charge in [0.05, 0.1) is 0 Å². The Balaban J connectivity index is 4.19. The molecule has 0 aliphatic rings. The molecule has 0 aromatic rings. The maximum Gasteiger partial charge on any atom is 0.00953 e. The van der Waals surface area contributed by atoms with Crippen molar-refractivity contribution in [1.82, 2.24) is 5.32 Å². The van der Waals surface area contributed by atoms with Gasteiger partial charge in [-0.05, 0) is 44.1 Å². The Morgan fingerprint density at radius 3 is 1.75 bits per heavy atom. The highest BCUT2D eigenvalue weighted by atomic mass is 14.9. The molecule has 1 N–H and O–H groups in total. The van der Waals surface area contributed by atoms with Gasteiger partial charge >= 0.3 is 0 Å². The Labute approximate surface area is 103 Å². The summed E-state index contributed by atoms with van der Waals surface area (Å²) in [5.41, 5.74) is 0. The van der Waals surface area contributed by atoms with Crippen molar-refractivity contribution in [1.29, 1.82) is 0 Å². The van der Waals surface area contributed by atoms with Crippen LogP contribution < -0.4 is 5.32 Å². The number of hydrogen-bond donors (Lipinski definition) is 1. The van der Waals surface area contributed by atoms with Crippen LogP contribution in [0.4, 0.5) is 0 Å². The highest BCUT2D eigenvalue weighted by Gasteiger charge is 2.19. The van der Waals surface area contributed by atoms with Crippen molar-refractivity contribution < 1.29 is 0 Å². The van der Waals surface area contributed by atoms with Crippen molar-refractivity contribution in [3.8, 4) is 0 Å². The highest BCUT2D eigenvalue weighted by Crippen LogP contribution is 2.22. The molecular formula is C15H33N. The second-order valence-electron chi connectivity index (χ2n) is 5.47. The molecule has 0 saturated heterocycles. The van der Waals surface area contributed by atoms with E-state index in [0.29, 0.717) is 0 Å². The second-order valence-corrected chi connectivity index (χ2v) is 5.47. The van der Waals surface area contributed by atoms with Crippen LogP contribution in [-0.2, 0) is 0 Å². The summed E-state index contributed by atoms with van der Waals surface area (Å²) >= 11 is 0. The molecule has 0 aliphatic carbocycles. The van der Waals surface area contributed by atoms with Gasteiger partial charge in [0.25, 0.3) is 0 Å². The fourth-order valence-corrected chi connectivity index (χ4v) is 2.57. The fourth-order valence-electron chi connectivity index (χ4n) is 2.57. The summed E-state index contributed by atoms with van der Waals surface area (Å²) in [7, 11) is 0. The molecule has 16 heavy (non-hydrogen) atoms. The topological polar surface area (TPSA) is 12.0 Å². The van der Waals surface area contributed by atoms with E-state index < -0.39 is 0 Å². The van der Waals surface area contributed by atoms with Crippen LogP contribution in [0.1, 0.15) is 73.1 Å². The molecule has 0 radical (unpaired) electrons. The van der Waals surface area contributed by atoms with Crippen LogP contribution in [0.2, 0.25) is 0 Å².